The smallest absolute Gasteiger partial charge is 0.0812 e. The van der Waals surface area contributed by atoms with Crippen LogP contribution in [0.3, 0.4) is 0 Å². The Kier molecular flexibility index (Phi) is 1.37. The molecule has 64 valence electrons. The molecule has 2 nitrogen and oxygen atoms in total. The fourth-order valence-electron chi connectivity index (χ4n) is 2.34. The molecule has 1 aliphatic heterocycles. The highest BCUT2D eigenvalue weighted by molar-refractivity contribution is 5.12. The molecule has 0 aromatic carbocycles. The summed E-state index contributed by atoms with van der Waals surface area (Å²) in [6.45, 7) is 5.63. The summed E-state index contributed by atoms with van der Waals surface area (Å²) in [5.74, 6) is 0. The van der Waals surface area contributed by atoms with Crippen molar-refractivity contribution in [2.75, 3.05) is 13.2 Å². The molecule has 1 heterocycles. The van der Waals surface area contributed by atoms with Crippen LogP contribution in [0.5, 0.6) is 0 Å². The summed E-state index contributed by atoms with van der Waals surface area (Å²) < 4.78 is 5.47. The standard InChI is InChI=1S/C9H16O2/c1-8(2)5-9(8)3-7(4-10)11-6-9/h7,10H,3-6H2,1-2H3/t7-,9+/m0/s1. The van der Waals surface area contributed by atoms with Gasteiger partial charge < -0.3 is 9.84 Å². The van der Waals surface area contributed by atoms with Gasteiger partial charge in [0.15, 0.2) is 0 Å². The Morgan fingerprint density at radius 3 is 2.45 bits per heavy atom. The largest absolute Gasteiger partial charge is 0.394 e. The molecule has 1 spiro atoms. The minimum absolute atomic E-state index is 0.122. The van der Waals surface area contributed by atoms with E-state index in [9.17, 15) is 0 Å². The monoisotopic (exact) mass is 156 g/mol. The van der Waals surface area contributed by atoms with E-state index in [1.54, 1.807) is 0 Å². The minimum Gasteiger partial charge on any atom is -0.394 e. The molecule has 0 amide bonds. The van der Waals surface area contributed by atoms with Crippen LogP contribution in [0, 0.1) is 10.8 Å². The van der Waals surface area contributed by atoms with Gasteiger partial charge in [0.1, 0.15) is 0 Å². The lowest BCUT2D eigenvalue weighted by Gasteiger charge is -2.09. The zero-order chi connectivity index (χ0) is 8.11. The Morgan fingerprint density at radius 2 is 2.18 bits per heavy atom. The molecule has 1 N–H and O–H groups in total. The van der Waals surface area contributed by atoms with Crippen LogP contribution < -0.4 is 0 Å². The van der Waals surface area contributed by atoms with E-state index in [-0.39, 0.29) is 12.7 Å². The van der Waals surface area contributed by atoms with E-state index in [4.69, 9.17) is 9.84 Å². The molecule has 2 fully saturated rings. The SMILES string of the molecule is CC1(C)C[C@]12CO[C@H](CO)C2. The van der Waals surface area contributed by atoms with E-state index < -0.39 is 0 Å². The van der Waals surface area contributed by atoms with Crippen LogP contribution in [0.15, 0.2) is 0 Å². The molecule has 0 aromatic rings. The van der Waals surface area contributed by atoms with Crippen molar-refractivity contribution >= 4 is 0 Å². The molecular weight excluding hydrogens is 140 g/mol. The van der Waals surface area contributed by atoms with Gasteiger partial charge in [-0.1, -0.05) is 13.8 Å². The van der Waals surface area contributed by atoms with E-state index in [0.29, 0.717) is 10.8 Å². The maximum atomic E-state index is 8.87. The van der Waals surface area contributed by atoms with Crippen LogP contribution >= 0.6 is 0 Å². The predicted octanol–water partition coefficient (Wildman–Crippen LogP) is 1.18. The third-order valence-corrected chi connectivity index (χ3v) is 3.51. The average Bonchev–Trinajstić information content (AvgIpc) is 2.35. The fraction of sp³-hybridized carbons (Fsp3) is 1.00. The average molecular weight is 156 g/mol. The number of aliphatic hydroxyl groups excluding tert-OH is 1. The molecule has 0 radical (unpaired) electrons. The minimum atomic E-state index is 0.122. The zero-order valence-corrected chi connectivity index (χ0v) is 7.26. The molecule has 2 rings (SSSR count). The summed E-state index contributed by atoms with van der Waals surface area (Å²) in [6.07, 6.45) is 2.46. The Balaban J connectivity index is 2.01. The summed E-state index contributed by atoms with van der Waals surface area (Å²) in [7, 11) is 0. The molecule has 2 aliphatic rings. The van der Waals surface area contributed by atoms with E-state index >= 15 is 0 Å². The van der Waals surface area contributed by atoms with Gasteiger partial charge in [-0.15, -0.1) is 0 Å². The van der Waals surface area contributed by atoms with Crippen molar-refractivity contribution in [2.24, 2.45) is 10.8 Å². The van der Waals surface area contributed by atoms with Gasteiger partial charge in [-0.3, -0.25) is 0 Å². The third kappa shape index (κ3) is 0.926. The summed E-state index contributed by atoms with van der Waals surface area (Å²) in [4.78, 5) is 0. The van der Waals surface area contributed by atoms with E-state index in [1.165, 1.54) is 6.42 Å². The topological polar surface area (TPSA) is 29.5 Å². The van der Waals surface area contributed by atoms with E-state index in [1.807, 2.05) is 0 Å². The van der Waals surface area contributed by atoms with Gasteiger partial charge in [0.2, 0.25) is 0 Å². The van der Waals surface area contributed by atoms with Gasteiger partial charge in [-0.25, -0.2) is 0 Å². The third-order valence-electron chi connectivity index (χ3n) is 3.51. The van der Waals surface area contributed by atoms with Crippen molar-refractivity contribution in [3.8, 4) is 0 Å². The number of rotatable bonds is 1. The second-order valence-corrected chi connectivity index (χ2v) is 4.66. The predicted molar refractivity (Wildman–Crippen MR) is 42.3 cm³/mol. The van der Waals surface area contributed by atoms with Crippen LogP contribution in [0.1, 0.15) is 26.7 Å². The molecule has 0 unspecified atom stereocenters. The summed E-state index contributed by atoms with van der Waals surface area (Å²) >= 11 is 0. The van der Waals surface area contributed by atoms with Gasteiger partial charge in [-0.05, 0) is 18.3 Å². The van der Waals surface area contributed by atoms with Crippen LogP contribution in [-0.2, 0) is 4.74 Å². The molecule has 1 aliphatic carbocycles. The Hall–Kier alpha value is -0.0800. The molecule has 11 heavy (non-hydrogen) atoms. The number of ether oxygens (including phenoxy) is 1. The van der Waals surface area contributed by atoms with Gasteiger partial charge in [0.25, 0.3) is 0 Å². The number of aliphatic hydroxyl groups is 1. The molecular formula is C9H16O2. The van der Waals surface area contributed by atoms with Crippen molar-refractivity contribution in [1.82, 2.24) is 0 Å². The normalized spacial score (nSPS) is 46.6. The van der Waals surface area contributed by atoms with Gasteiger partial charge in [-0.2, -0.15) is 0 Å². The highest BCUT2D eigenvalue weighted by atomic mass is 16.5. The van der Waals surface area contributed by atoms with E-state index in [0.717, 1.165) is 13.0 Å². The lowest BCUT2D eigenvalue weighted by Crippen LogP contribution is -2.11. The lowest BCUT2D eigenvalue weighted by atomic mass is 9.93. The van der Waals surface area contributed by atoms with Crippen LogP contribution in [0.25, 0.3) is 0 Å². The first-order valence-corrected chi connectivity index (χ1v) is 4.32. The van der Waals surface area contributed by atoms with Crippen molar-refractivity contribution in [3.05, 3.63) is 0 Å². The Bertz CT molecular complexity index is 176. The summed E-state index contributed by atoms with van der Waals surface area (Å²) in [5, 5.41) is 8.87. The van der Waals surface area contributed by atoms with E-state index in [2.05, 4.69) is 13.8 Å². The highest BCUT2D eigenvalue weighted by Gasteiger charge is 2.64. The van der Waals surface area contributed by atoms with Crippen LogP contribution in [-0.4, -0.2) is 24.4 Å². The second kappa shape index (κ2) is 1.99. The summed E-state index contributed by atoms with van der Waals surface area (Å²) in [5.41, 5.74) is 0.900. The quantitative estimate of drug-likeness (QED) is 0.618. The first-order valence-electron chi connectivity index (χ1n) is 4.32. The molecule has 2 atom stereocenters. The molecule has 0 aromatic heterocycles. The maximum absolute atomic E-state index is 8.87. The first-order chi connectivity index (χ1) is 5.10. The molecule has 0 bridgehead atoms. The van der Waals surface area contributed by atoms with Gasteiger partial charge in [0, 0.05) is 5.41 Å². The molecule has 1 saturated carbocycles. The Labute approximate surface area is 67.6 Å². The molecule has 2 heteroatoms. The summed E-state index contributed by atoms with van der Waals surface area (Å²) in [6, 6.07) is 0. The highest BCUT2D eigenvalue weighted by Crippen LogP contribution is 2.68. The van der Waals surface area contributed by atoms with Crippen molar-refractivity contribution in [3.63, 3.8) is 0 Å². The zero-order valence-electron chi connectivity index (χ0n) is 7.26. The number of hydrogen-bond acceptors (Lipinski definition) is 2. The first kappa shape index (κ1) is 7.56. The van der Waals surface area contributed by atoms with Crippen LogP contribution in [0.4, 0.5) is 0 Å². The van der Waals surface area contributed by atoms with Crippen molar-refractivity contribution in [1.29, 1.82) is 0 Å². The Morgan fingerprint density at radius 1 is 1.55 bits per heavy atom. The van der Waals surface area contributed by atoms with Gasteiger partial charge in [0.05, 0.1) is 19.3 Å². The van der Waals surface area contributed by atoms with Crippen molar-refractivity contribution in [2.45, 2.75) is 32.8 Å². The lowest BCUT2D eigenvalue weighted by molar-refractivity contribution is 0.0557. The fourth-order valence-corrected chi connectivity index (χ4v) is 2.34. The molecule has 1 saturated heterocycles. The van der Waals surface area contributed by atoms with Crippen molar-refractivity contribution < 1.29 is 9.84 Å². The number of hydrogen-bond donors (Lipinski definition) is 1. The van der Waals surface area contributed by atoms with Gasteiger partial charge >= 0.3 is 0 Å². The second-order valence-electron chi connectivity index (χ2n) is 4.66. The van der Waals surface area contributed by atoms with Crippen LogP contribution in [0.2, 0.25) is 0 Å². The maximum Gasteiger partial charge on any atom is 0.0812 e.